The van der Waals surface area contributed by atoms with Crippen molar-refractivity contribution in [2.45, 2.75) is 45.1 Å². The molecule has 0 radical (unpaired) electrons. The number of ether oxygens (including phenoxy) is 2. The van der Waals surface area contributed by atoms with Gasteiger partial charge in [-0.3, -0.25) is 4.90 Å². The number of anilines is 1. The molecule has 3 aromatic rings. The van der Waals surface area contributed by atoms with E-state index in [1.807, 2.05) is 13.8 Å². The minimum absolute atomic E-state index is 0.314. The quantitative estimate of drug-likeness (QED) is 0.657. The lowest BCUT2D eigenvalue weighted by Gasteiger charge is -2.40. The Morgan fingerprint density at radius 2 is 1.97 bits per heavy atom. The van der Waals surface area contributed by atoms with Gasteiger partial charge in [0.1, 0.15) is 12.7 Å². The molecular weight excluding hydrogens is 374 g/mol. The maximum atomic E-state index is 6.22. The van der Waals surface area contributed by atoms with Crippen molar-refractivity contribution in [2.75, 3.05) is 19.3 Å². The molecule has 154 valence electrons. The van der Waals surface area contributed by atoms with Crippen LogP contribution in [-0.2, 0) is 6.54 Å². The molecule has 3 aromatic heterocycles. The predicted molar refractivity (Wildman–Crippen MR) is 106 cm³/mol. The molecule has 0 amide bonds. The van der Waals surface area contributed by atoms with Crippen molar-refractivity contribution in [3.63, 3.8) is 0 Å². The Kier molecular flexibility index (Phi) is 3.97. The second-order valence-electron chi connectivity index (χ2n) is 8.28. The maximum Gasteiger partial charge on any atom is 0.254 e. The molecule has 2 aliphatic rings. The highest BCUT2D eigenvalue weighted by Crippen LogP contribution is 2.49. The number of furan rings is 1. The van der Waals surface area contributed by atoms with E-state index in [2.05, 4.69) is 26.9 Å². The van der Waals surface area contributed by atoms with Gasteiger partial charge < -0.3 is 25.4 Å². The van der Waals surface area contributed by atoms with Crippen molar-refractivity contribution in [3.8, 4) is 17.4 Å². The summed E-state index contributed by atoms with van der Waals surface area (Å²) in [6.07, 6.45) is 5.22. The van der Waals surface area contributed by atoms with E-state index in [4.69, 9.17) is 25.4 Å². The molecule has 4 heterocycles. The molecule has 29 heavy (non-hydrogen) atoms. The summed E-state index contributed by atoms with van der Waals surface area (Å²) >= 11 is 0. The number of nitrogen functional groups attached to an aromatic ring is 1. The fourth-order valence-corrected chi connectivity index (χ4v) is 4.01. The van der Waals surface area contributed by atoms with Gasteiger partial charge in [0.05, 0.1) is 6.54 Å². The summed E-state index contributed by atoms with van der Waals surface area (Å²) in [6.45, 7) is 5.09. The fourth-order valence-electron chi connectivity index (χ4n) is 4.01. The summed E-state index contributed by atoms with van der Waals surface area (Å²) in [5.41, 5.74) is 12.7. The average Bonchev–Trinajstić information content (AvgIpc) is 3.27. The van der Waals surface area contributed by atoms with Crippen LogP contribution >= 0.6 is 0 Å². The molecule has 5 rings (SSSR count). The number of fused-ring (bicyclic) bond motifs is 2. The summed E-state index contributed by atoms with van der Waals surface area (Å²) in [5, 5.41) is 0. The molecule has 0 spiro atoms. The maximum absolute atomic E-state index is 6.22. The number of aromatic nitrogens is 4. The summed E-state index contributed by atoms with van der Waals surface area (Å²) in [6, 6.07) is 0.490. The molecule has 1 aliphatic carbocycles. The third-order valence-corrected chi connectivity index (χ3v) is 5.71. The van der Waals surface area contributed by atoms with E-state index in [0.29, 0.717) is 58.6 Å². The first-order valence-electron chi connectivity index (χ1n) is 9.74. The molecular formula is C19H25N7O3. The van der Waals surface area contributed by atoms with Gasteiger partial charge >= 0.3 is 0 Å². The SMILES string of the molecule is CN(Cc1oc(-n2cnc3c(N)ncnc32)c2c1OC(C)(C)O2)C1CC(CN)C1. The lowest BCUT2D eigenvalue weighted by Crippen LogP contribution is -2.44. The van der Waals surface area contributed by atoms with Gasteiger partial charge in [-0.25, -0.2) is 19.5 Å². The van der Waals surface area contributed by atoms with Crippen molar-refractivity contribution in [1.82, 2.24) is 24.4 Å². The van der Waals surface area contributed by atoms with Crippen LogP contribution in [0.15, 0.2) is 17.1 Å². The predicted octanol–water partition coefficient (Wildman–Crippen LogP) is 1.67. The van der Waals surface area contributed by atoms with Crippen molar-refractivity contribution in [3.05, 3.63) is 18.4 Å². The van der Waals surface area contributed by atoms with Gasteiger partial charge in [0.25, 0.3) is 5.88 Å². The Hall–Kier alpha value is -2.85. The van der Waals surface area contributed by atoms with Crippen LogP contribution in [0.5, 0.6) is 11.5 Å². The molecule has 1 saturated carbocycles. The molecule has 1 aliphatic heterocycles. The molecule has 1 fully saturated rings. The molecule has 10 nitrogen and oxygen atoms in total. The van der Waals surface area contributed by atoms with Gasteiger partial charge in [-0.05, 0) is 32.4 Å². The Bertz CT molecular complexity index is 1070. The smallest absolute Gasteiger partial charge is 0.254 e. The van der Waals surface area contributed by atoms with Crippen LogP contribution in [0.25, 0.3) is 17.0 Å². The standard InChI is InChI=1S/C19H25N7O3/c1-19(2)28-14-12(7-25(3)11-4-10(5-11)6-20)27-18(15(14)29-19)26-9-24-13-16(21)22-8-23-17(13)26/h8-11H,4-7,20H2,1-3H3,(H2,21,22,23). The lowest BCUT2D eigenvalue weighted by atomic mass is 9.79. The van der Waals surface area contributed by atoms with Crippen molar-refractivity contribution in [2.24, 2.45) is 11.7 Å². The zero-order valence-electron chi connectivity index (χ0n) is 16.8. The van der Waals surface area contributed by atoms with Crippen molar-refractivity contribution >= 4 is 17.0 Å². The van der Waals surface area contributed by atoms with E-state index in [1.165, 1.54) is 6.33 Å². The lowest BCUT2D eigenvalue weighted by molar-refractivity contribution is -0.0474. The molecule has 0 atom stereocenters. The minimum Gasteiger partial charge on any atom is -0.445 e. The second-order valence-corrected chi connectivity index (χ2v) is 8.28. The third-order valence-electron chi connectivity index (χ3n) is 5.71. The Morgan fingerprint density at radius 1 is 1.21 bits per heavy atom. The largest absolute Gasteiger partial charge is 0.445 e. The van der Waals surface area contributed by atoms with E-state index < -0.39 is 5.79 Å². The van der Waals surface area contributed by atoms with Crippen molar-refractivity contribution < 1.29 is 13.9 Å². The van der Waals surface area contributed by atoms with Crippen LogP contribution < -0.4 is 20.9 Å². The van der Waals surface area contributed by atoms with Crippen LogP contribution in [0.3, 0.4) is 0 Å². The second kappa shape index (κ2) is 6.33. The van der Waals surface area contributed by atoms with E-state index in [1.54, 1.807) is 10.9 Å². The van der Waals surface area contributed by atoms with Gasteiger partial charge in [-0.1, -0.05) is 0 Å². The number of nitrogens with two attached hydrogens (primary N) is 2. The Balaban J connectivity index is 1.52. The monoisotopic (exact) mass is 399 g/mol. The van der Waals surface area contributed by atoms with Crippen LogP contribution in [0.2, 0.25) is 0 Å². The van der Waals surface area contributed by atoms with E-state index in [9.17, 15) is 0 Å². The molecule has 0 aromatic carbocycles. The number of nitrogens with zero attached hydrogens (tertiary/aromatic N) is 5. The first-order chi connectivity index (χ1) is 13.9. The molecule has 0 bridgehead atoms. The van der Waals surface area contributed by atoms with Crippen molar-refractivity contribution in [1.29, 1.82) is 0 Å². The van der Waals surface area contributed by atoms with Crippen LogP contribution in [0, 0.1) is 5.92 Å². The summed E-state index contributed by atoms with van der Waals surface area (Å²) in [4.78, 5) is 14.9. The highest BCUT2D eigenvalue weighted by atomic mass is 16.7. The first kappa shape index (κ1) is 18.2. The minimum atomic E-state index is -0.783. The number of hydrogen-bond acceptors (Lipinski definition) is 9. The topological polar surface area (TPSA) is 130 Å². The zero-order chi connectivity index (χ0) is 20.3. The Morgan fingerprint density at radius 3 is 2.72 bits per heavy atom. The molecule has 4 N–H and O–H groups in total. The first-order valence-corrected chi connectivity index (χ1v) is 9.74. The van der Waals surface area contributed by atoms with Crippen LogP contribution in [-0.4, -0.2) is 49.8 Å². The summed E-state index contributed by atoms with van der Waals surface area (Å²) in [7, 11) is 2.09. The average molecular weight is 399 g/mol. The highest BCUT2D eigenvalue weighted by Gasteiger charge is 2.41. The van der Waals surface area contributed by atoms with E-state index in [0.717, 1.165) is 19.4 Å². The van der Waals surface area contributed by atoms with Crippen LogP contribution in [0.4, 0.5) is 5.82 Å². The van der Waals surface area contributed by atoms with E-state index >= 15 is 0 Å². The van der Waals surface area contributed by atoms with Gasteiger partial charge in [0, 0.05) is 19.9 Å². The molecule has 10 heteroatoms. The fraction of sp³-hybridized carbons (Fsp3) is 0.526. The molecule has 0 saturated heterocycles. The number of imidazole rings is 1. The van der Waals surface area contributed by atoms with Gasteiger partial charge in [-0.2, -0.15) is 0 Å². The Labute approximate surface area is 167 Å². The van der Waals surface area contributed by atoms with Crippen LogP contribution in [0.1, 0.15) is 32.4 Å². The van der Waals surface area contributed by atoms with Gasteiger partial charge in [0.15, 0.2) is 22.7 Å². The normalized spacial score (nSPS) is 22.4. The summed E-state index contributed by atoms with van der Waals surface area (Å²) < 4.78 is 20.1. The number of rotatable bonds is 5. The molecule has 0 unspecified atom stereocenters. The third kappa shape index (κ3) is 2.90. The number of hydrogen-bond donors (Lipinski definition) is 2. The zero-order valence-corrected chi connectivity index (χ0v) is 16.8. The summed E-state index contributed by atoms with van der Waals surface area (Å²) in [5.74, 6) is 2.50. The highest BCUT2D eigenvalue weighted by molar-refractivity contribution is 5.82. The van der Waals surface area contributed by atoms with Gasteiger partial charge in [0.2, 0.25) is 17.3 Å². The van der Waals surface area contributed by atoms with E-state index in [-0.39, 0.29) is 0 Å². The van der Waals surface area contributed by atoms with Gasteiger partial charge in [-0.15, -0.1) is 0 Å².